The number of pyridine rings is 1. The van der Waals surface area contributed by atoms with Crippen molar-refractivity contribution in [2.45, 2.75) is 0 Å². The summed E-state index contributed by atoms with van der Waals surface area (Å²) in [6.07, 6.45) is 3.35. The highest BCUT2D eigenvalue weighted by atomic mass is 32.2. The summed E-state index contributed by atoms with van der Waals surface area (Å²) in [5.41, 5.74) is 1.35. The zero-order valence-electron chi connectivity index (χ0n) is 8.95. The zero-order valence-corrected chi connectivity index (χ0v) is 9.77. The van der Waals surface area contributed by atoms with E-state index in [1.165, 1.54) is 14.1 Å². The van der Waals surface area contributed by atoms with E-state index in [1.807, 2.05) is 0 Å². The van der Waals surface area contributed by atoms with Crippen molar-refractivity contribution in [3.8, 4) is 0 Å². The Hall–Kier alpha value is -1.60. The Morgan fingerprint density at radius 1 is 1.38 bits per heavy atom. The van der Waals surface area contributed by atoms with E-state index in [0.717, 1.165) is 9.82 Å². The molecule has 0 aliphatic rings. The molecule has 0 aliphatic carbocycles. The lowest BCUT2D eigenvalue weighted by Gasteiger charge is -2.13. The predicted octanol–water partition coefficient (Wildman–Crippen LogP) is 0.553. The maximum atomic E-state index is 11.6. The van der Waals surface area contributed by atoms with Gasteiger partial charge in [-0.05, 0) is 18.2 Å². The fourth-order valence-corrected chi connectivity index (χ4v) is 1.83. The minimum absolute atomic E-state index is 0.515. The van der Waals surface area contributed by atoms with Gasteiger partial charge in [-0.3, -0.25) is 4.72 Å². The molecule has 0 amide bonds. The van der Waals surface area contributed by atoms with Gasteiger partial charge in [-0.1, -0.05) is 0 Å². The number of hydrogen-bond donors (Lipinski definition) is 1. The standard InChI is InChI=1S/C9H12N4O2S/c1-12(2)16(14,15)11-8-4-6-13-9(7-8)3-5-10-13/h3-7,11H,1-2H3. The van der Waals surface area contributed by atoms with Crippen LogP contribution in [-0.4, -0.2) is 36.4 Å². The van der Waals surface area contributed by atoms with Crippen molar-refractivity contribution >= 4 is 21.4 Å². The summed E-state index contributed by atoms with van der Waals surface area (Å²) in [5, 5.41) is 4.02. The molecule has 0 fully saturated rings. The Bertz CT molecular complexity index is 603. The number of nitrogens with zero attached hydrogens (tertiary/aromatic N) is 3. The van der Waals surface area contributed by atoms with E-state index in [0.29, 0.717) is 5.69 Å². The summed E-state index contributed by atoms with van der Waals surface area (Å²) in [5.74, 6) is 0. The van der Waals surface area contributed by atoms with E-state index < -0.39 is 10.2 Å². The number of fused-ring (bicyclic) bond motifs is 1. The average molecular weight is 240 g/mol. The van der Waals surface area contributed by atoms with E-state index >= 15 is 0 Å². The molecule has 2 heterocycles. The molecule has 1 N–H and O–H groups in total. The first kappa shape index (κ1) is 10.9. The molecule has 6 nitrogen and oxygen atoms in total. The van der Waals surface area contributed by atoms with Crippen molar-refractivity contribution in [1.29, 1.82) is 0 Å². The maximum absolute atomic E-state index is 11.6. The monoisotopic (exact) mass is 240 g/mol. The van der Waals surface area contributed by atoms with Gasteiger partial charge in [0.05, 0.1) is 11.2 Å². The van der Waals surface area contributed by atoms with Crippen molar-refractivity contribution in [2.75, 3.05) is 18.8 Å². The van der Waals surface area contributed by atoms with Gasteiger partial charge in [-0.2, -0.15) is 17.8 Å². The Balaban J connectivity index is 2.34. The van der Waals surface area contributed by atoms with Crippen molar-refractivity contribution in [2.24, 2.45) is 0 Å². The molecule has 2 aromatic rings. The van der Waals surface area contributed by atoms with Crippen LogP contribution in [0.5, 0.6) is 0 Å². The Morgan fingerprint density at radius 2 is 2.12 bits per heavy atom. The second-order valence-corrected chi connectivity index (χ2v) is 5.39. The zero-order chi connectivity index (χ0) is 11.8. The second kappa shape index (κ2) is 3.76. The quantitative estimate of drug-likeness (QED) is 0.852. The number of anilines is 1. The van der Waals surface area contributed by atoms with Crippen LogP contribution in [-0.2, 0) is 10.2 Å². The summed E-state index contributed by atoms with van der Waals surface area (Å²) in [6, 6.07) is 5.17. The van der Waals surface area contributed by atoms with Gasteiger partial charge in [0.15, 0.2) is 0 Å². The van der Waals surface area contributed by atoms with E-state index in [9.17, 15) is 8.42 Å². The Kier molecular flexibility index (Phi) is 2.56. The van der Waals surface area contributed by atoms with Gasteiger partial charge >= 0.3 is 10.2 Å². The predicted molar refractivity (Wildman–Crippen MR) is 61.4 cm³/mol. The molecule has 0 saturated carbocycles. The first-order chi connectivity index (χ1) is 7.49. The number of aromatic nitrogens is 2. The van der Waals surface area contributed by atoms with Crippen molar-refractivity contribution in [3.63, 3.8) is 0 Å². The third-order valence-corrected chi connectivity index (χ3v) is 3.58. The van der Waals surface area contributed by atoms with Crippen LogP contribution >= 0.6 is 0 Å². The lowest BCUT2D eigenvalue weighted by Crippen LogP contribution is -2.28. The molecule has 0 radical (unpaired) electrons. The van der Waals surface area contributed by atoms with E-state index in [1.54, 1.807) is 35.1 Å². The van der Waals surface area contributed by atoms with Crippen molar-refractivity contribution < 1.29 is 8.42 Å². The second-order valence-electron chi connectivity index (χ2n) is 3.51. The highest BCUT2D eigenvalue weighted by Crippen LogP contribution is 2.13. The van der Waals surface area contributed by atoms with Crippen molar-refractivity contribution in [3.05, 3.63) is 30.6 Å². The van der Waals surface area contributed by atoms with Crippen LogP contribution in [0.2, 0.25) is 0 Å². The minimum atomic E-state index is -3.45. The summed E-state index contributed by atoms with van der Waals surface area (Å²) in [6.45, 7) is 0. The first-order valence-corrected chi connectivity index (χ1v) is 6.07. The minimum Gasteiger partial charge on any atom is -0.271 e. The highest BCUT2D eigenvalue weighted by Gasteiger charge is 2.12. The molecule has 0 atom stereocenters. The van der Waals surface area contributed by atoms with Gasteiger partial charge in [0.1, 0.15) is 0 Å². The van der Waals surface area contributed by atoms with Crippen LogP contribution in [0.3, 0.4) is 0 Å². The molecule has 0 saturated heterocycles. The van der Waals surface area contributed by atoms with Gasteiger partial charge in [0, 0.05) is 26.5 Å². The SMILES string of the molecule is CN(C)S(=O)(=O)Nc1ccn2nccc2c1. The largest absolute Gasteiger partial charge is 0.301 e. The van der Waals surface area contributed by atoms with Crippen LogP contribution in [0.25, 0.3) is 5.52 Å². The van der Waals surface area contributed by atoms with Gasteiger partial charge in [-0.15, -0.1) is 0 Å². The van der Waals surface area contributed by atoms with Gasteiger partial charge < -0.3 is 0 Å². The summed E-state index contributed by atoms with van der Waals surface area (Å²) in [7, 11) is -0.505. The van der Waals surface area contributed by atoms with Gasteiger partial charge in [-0.25, -0.2) is 4.52 Å². The van der Waals surface area contributed by atoms with Gasteiger partial charge in [0.25, 0.3) is 0 Å². The average Bonchev–Trinajstić information content (AvgIpc) is 2.63. The van der Waals surface area contributed by atoms with E-state index in [-0.39, 0.29) is 0 Å². The lowest BCUT2D eigenvalue weighted by atomic mass is 10.4. The summed E-state index contributed by atoms with van der Waals surface area (Å²) in [4.78, 5) is 0. The van der Waals surface area contributed by atoms with Crippen LogP contribution in [0, 0.1) is 0 Å². The fourth-order valence-electron chi connectivity index (χ4n) is 1.23. The molecular weight excluding hydrogens is 228 g/mol. The molecular formula is C9H12N4O2S. The van der Waals surface area contributed by atoms with Gasteiger partial charge in [0.2, 0.25) is 0 Å². The third kappa shape index (κ3) is 2.00. The number of rotatable bonds is 3. The molecule has 0 aromatic carbocycles. The summed E-state index contributed by atoms with van der Waals surface area (Å²) >= 11 is 0. The lowest BCUT2D eigenvalue weighted by molar-refractivity contribution is 0.527. The Morgan fingerprint density at radius 3 is 2.81 bits per heavy atom. The molecule has 16 heavy (non-hydrogen) atoms. The maximum Gasteiger partial charge on any atom is 0.301 e. The molecule has 0 aliphatic heterocycles. The normalized spacial score (nSPS) is 12.2. The highest BCUT2D eigenvalue weighted by molar-refractivity contribution is 7.90. The molecule has 7 heteroatoms. The van der Waals surface area contributed by atoms with Crippen LogP contribution in [0.1, 0.15) is 0 Å². The van der Waals surface area contributed by atoms with Crippen LogP contribution in [0.15, 0.2) is 30.6 Å². The fraction of sp³-hybridized carbons (Fsp3) is 0.222. The molecule has 0 unspecified atom stereocenters. The number of nitrogens with one attached hydrogen (secondary N) is 1. The Labute approximate surface area is 93.7 Å². The van der Waals surface area contributed by atoms with E-state index in [4.69, 9.17) is 0 Å². The summed E-state index contributed by atoms with van der Waals surface area (Å²) < 4.78 is 28.4. The third-order valence-electron chi connectivity index (χ3n) is 2.13. The van der Waals surface area contributed by atoms with Crippen molar-refractivity contribution in [1.82, 2.24) is 13.9 Å². The topological polar surface area (TPSA) is 66.7 Å². The molecule has 0 spiro atoms. The molecule has 2 rings (SSSR count). The van der Waals surface area contributed by atoms with E-state index in [2.05, 4.69) is 9.82 Å². The van der Waals surface area contributed by atoms with Crippen LogP contribution < -0.4 is 4.72 Å². The number of hydrogen-bond acceptors (Lipinski definition) is 3. The molecule has 86 valence electrons. The molecule has 2 aromatic heterocycles. The first-order valence-electron chi connectivity index (χ1n) is 4.63. The molecule has 0 bridgehead atoms. The van der Waals surface area contributed by atoms with Crippen LogP contribution in [0.4, 0.5) is 5.69 Å². The smallest absolute Gasteiger partial charge is 0.271 e.